The van der Waals surface area contributed by atoms with Crippen molar-refractivity contribution >= 4 is 0 Å². The molecule has 1 fully saturated rings. The average molecular weight is 320 g/mol. The van der Waals surface area contributed by atoms with Crippen molar-refractivity contribution < 1.29 is 5.11 Å². The van der Waals surface area contributed by atoms with Crippen LogP contribution in [0.2, 0.25) is 0 Å². The number of hydrogen-bond donors (Lipinski definition) is 1. The van der Waals surface area contributed by atoms with Gasteiger partial charge < -0.3 is 10.0 Å². The van der Waals surface area contributed by atoms with Gasteiger partial charge in [-0.2, -0.15) is 5.26 Å². The van der Waals surface area contributed by atoms with Crippen LogP contribution in [0.1, 0.15) is 30.4 Å². The first kappa shape index (κ1) is 16.7. The summed E-state index contributed by atoms with van der Waals surface area (Å²) in [6.45, 7) is 3.01. The van der Waals surface area contributed by atoms with Crippen molar-refractivity contribution in [1.29, 1.82) is 5.26 Å². The summed E-state index contributed by atoms with van der Waals surface area (Å²) < 4.78 is 0. The molecule has 1 heterocycles. The lowest BCUT2D eigenvalue weighted by Gasteiger charge is -2.29. The molecule has 3 rings (SSSR count). The Kier molecular flexibility index (Phi) is 5.63. The van der Waals surface area contributed by atoms with Crippen LogP contribution in [-0.2, 0) is 6.42 Å². The number of piperidine rings is 1. The van der Waals surface area contributed by atoms with Crippen molar-refractivity contribution in [3.05, 3.63) is 59.7 Å². The fraction of sp³-hybridized carbons (Fsp3) is 0.381. The SMILES string of the molecule is N#Cc1ccc(-c2ccc(CCCN3CCCC(O)C3)cc2)cc1. The third-order valence-corrected chi connectivity index (χ3v) is 4.72. The molecular formula is C21H24N2O. The van der Waals surface area contributed by atoms with Gasteiger partial charge in [0.1, 0.15) is 0 Å². The summed E-state index contributed by atoms with van der Waals surface area (Å²) in [4.78, 5) is 2.37. The van der Waals surface area contributed by atoms with E-state index in [4.69, 9.17) is 5.26 Å². The van der Waals surface area contributed by atoms with Crippen LogP contribution in [0.3, 0.4) is 0 Å². The molecule has 1 aliphatic rings. The minimum atomic E-state index is -0.134. The normalized spacial score (nSPS) is 18.2. The van der Waals surface area contributed by atoms with E-state index in [2.05, 4.69) is 35.2 Å². The van der Waals surface area contributed by atoms with Gasteiger partial charge in [0, 0.05) is 6.54 Å². The standard InChI is InChI=1S/C21H24N2O/c22-15-18-7-11-20(12-8-18)19-9-5-17(6-10-19)3-1-13-23-14-2-4-21(24)16-23/h5-12,21,24H,1-4,13-14,16H2. The zero-order valence-corrected chi connectivity index (χ0v) is 14.0. The molecule has 0 aromatic heterocycles. The highest BCUT2D eigenvalue weighted by Crippen LogP contribution is 2.21. The number of benzene rings is 2. The molecule has 24 heavy (non-hydrogen) atoms. The van der Waals surface area contributed by atoms with Gasteiger partial charge in [0.05, 0.1) is 17.7 Å². The third-order valence-electron chi connectivity index (χ3n) is 4.72. The van der Waals surface area contributed by atoms with Gasteiger partial charge >= 0.3 is 0 Å². The maximum atomic E-state index is 9.71. The zero-order chi connectivity index (χ0) is 16.8. The summed E-state index contributed by atoms with van der Waals surface area (Å²) in [5, 5.41) is 18.6. The third kappa shape index (κ3) is 4.44. The molecule has 0 radical (unpaired) electrons. The van der Waals surface area contributed by atoms with Gasteiger partial charge in [-0.1, -0.05) is 36.4 Å². The van der Waals surface area contributed by atoms with Gasteiger partial charge in [-0.25, -0.2) is 0 Å². The average Bonchev–Trinajstić information content (AvgIpc) is 2.63. The number of β-amino-alcohol motifs (C(OH)–C–C–N with tert-alkyl or cyclic N) is 1. The molecule has 0 aliphatic carbocycles. The molecule has 3 heteroatoms. The summed E-state index contributed by atoms with van der Waals surface area (Å²) in [6.07, 6.45) is 4.13. The smallest absolute Gasteiger partial charge is 0.0991 e. The quantitative estimate of drug-likeness (QED) is 0.915. The summed E-state index contributed by atoms with van der Waals surface area (Å²) in [6, 6.07) is 18.5. The molecule has 3 nitrogen and oxygen atoms in total. The fourth-order valence-corrected chi connectivity index (χ4v) is 3.34. The van der Waals surface area contributed by atoms with Crippen molar-refractivity contribution in [3.8, 4) is 17.2 Å². The van der Waals surface area contributed by atoms with Crippen molar-refractivity contribution in [1.82, 2.24) is 4.90 Å². The number of aliphatic hydroxyl groups is 1. The highest BCUT2D eigenvalue weighted by molar-refractivity contribution is 5.64. The van der Waals surface area contributed by atoms with E-state index in [0.29, 0.717) is 5.56 Å². The van der Waals surface area contributed by atoms with Gasteiger partial charge in [0.15, 0.2) is 0 Å². The Labute approximate surface area is 144 Å². The Hall–Kier alpha value is -2.15. The van der Waals surface area contributed by atoms with Crippen LogP contribution in [0.15, 0.2) is 48.5 Å². The molecule has 0 bridgehead atoms. The maximum absolute atomic E-state index is 9.71. The largest absolute Gasteiger partial charge is 0.392 e. The molecule has 0 spiro atoms. The molecule has 1 saturated heterocycles. The predicted molar refractivity (Wildman–Crippen MR) is 96.6 cm³/mol. The zero-order valence-electron chi connectivity index (χ0n) is 14.0. The number of rotatable bonds is 5. The van der Waals surface area contributed by atoms with E-state index < -0.39 is 0 Å². The monoisotopic (exact) mass is 320 g/mol. The molecule has 1 atom stereocenters. The van der Waals surface area contributed by atoms with Crippen LogP contribution in [0, 0.1) is 11.3 Å². The van der Waals surface area contributed by atoms with Crippen LogP contribution < -0.4 is 0 Å². The lowest BCUT2D eigenvalue weighted by molar-refractivity contribution is 0.0702. The molecule has 0 saturated carbocycles. The molecule has 0 amide bonds. The summed E-state index contributed by atoms with van der Waals surface area (Å²) in [5.74, 6) is 0. The number of aliphatic hydroxyl groups excluding tert-OH is 1. The van der Waals surface area contributed by atoms with Gasteiger partial charge in [-0.05, 0) is 67.6 Å². The first-order valence-electron chi connectivity index (χ1n) is 8.74. The van der Waals surface area contributed by atoms with Crippen LogP contribution in [0.4, 0.5) is 0 Å². The first-order chi connectivity index (χ1) is 11.7. The second-order valence-corrected chi connectivity index (χ2v) is 6.59. The molecule has 2 aromatic carbocycles. The second kappa shape index (κ2) is 8.10. The van der Waals surface area contributed by atoms with Crippen molar-refractivity contribution in [2.45, 2.75) is 31.8 Å². The Morgan fingerprint density at radius 1 is 1.04 bits per heavy atom. The highest BCUT2D eigenvalue weighted by atomic mass is 16.3. The molecule has 1 aliphatic heterocycles. The van der Waals surface area contributed by atoms with E-state index in [1.807, 2.05) is 24.3 Å². The van der Waals surface area contributed by atoms with E-state index in [9.17, 15) is 5.11 Å². The van der Waals surface area contributed by atoms with Crippen molar-refractivity contribution in [2.24, 2.45) is 0 Å². The Bertz CT molecular complexity index is 685. The molecule has 124 valence electrons. The van der Waals surface area contributed by atoms with Crippen LogP contribution in [0.5, 0.6) is 0 Å². The van der Waals surface area contributed by atoms with Gasteiger partial charge in [0.25, 0.3) is 0 Å². The summed E-state index contributed by atoms with van der Waals surface area (Å²) in [5.41, 5.74) is 4.37. The first-order valence-corrected chi connectivity index (χ1v) is 8.74. The number of nitrogens with zero attached hydrogens (tertiary/aromatic N) is 2. The van der Waals surface area contributed by atoms with E-state index in [-0.39, 0.29) is 6.10 Å². The van der Waals surface area contributed by atoms with Crippen LogP contribution in [-0.4, -0.2) is 35.7 Å². The maximum Gasteiger partial charge on any atom is 0.0991 e. The predicted octanol–water partition coefficient (Wildman–Crippen LogP) is 3.61. The fourth-order valence-electron chi connectivity index (χ4n) is 3.34. The van der Waals surface area contributed by atoms with Gasteiger partial charge in [0.2, 0.25) is 0 Å². The van der Waals surface area contributed by atoms with Crippen molar-refractivity contribution in [3.63, 3.8) is 0 Å². The van der Waals surface area contributed by atoms with E-state index in [0.717, 1.165) is 50.9 Å². The number of aryl methyl sites for hydroxylation is 1. The highest BCUT2D eigenvalue weighted by Gasteiger charge is 2.16. The summed E-state index contributed by atoms with van der Waals surface area (Å²) in [7, 11) is 0. The van der Waals surface area contributed by atoms with E-state index >= 15 is 0 Å². The Balaban J connectivity index is 1.51. The second-order valence-electron chi connectivity index (χ2n) is 6.59. The van der Waals surface area contributed by atoms with Crippen molar-refractivity contribution in [2.75, 3.05) is 19.6 Å². The number of hydrogen-bond acceptors (Lipinski definition) is 3. The van der Waals surface area contributed by atoms with Gasteiger partial charge in [-0.3, -0.25) is 0 Å². The lowest BCUT2D eigenvalue weighted by Crippen LogP contribution is -2.38. The summed E-state index contributed by atoms with van der Waals surface area (Å²) >= 11 is 0. The molecular weight excluding hydrogens is 296 g/mol. The minimum absolute atomic E-state index is 0.134. The molecule has 2 aromatic rings. The molecule has 1 unspecified atom stereocenters. The van der Waals surface area contributed by atoms with Gasteiger partial charge in [-0.15, -0.1) is 0 Å². The number of nitriles is 1. The Morgan fingerprint density at radius 3 is 2.33 bits per heavy atom. The lowest BCUT2D eigenvalue weighted by atomic mass is 10.0. The van der Waals surface area contributed by atoms with E-state index in [1.165, 1.54) is 11.1 Å². The number of likely N-dealkylation sites (tertiary alicyclic amines) is 1. The topological polar surface area (TPSA) is 47.3 Å². The minimum Gasteiger partial charge on any atom is -0.392 e. The molecule has 1 N–H and O–H groups in total. The Morgan fingerprint density at radius 2 is 1.71 bits per heavy atom. The van der Waals surface area contributed by atoms with Crippen LogP contribution >= 0.6 is 0 Å². The van der Waals surface area contributed by atoms with E-state index in [1.54, 1.807) is 0 Å². The van der Waals surface area contributed by atoms with Crippen LogP contribution in [0.25, 0.3) is 11.1 Å².